The van der Waals surface area contributed by atoms with Crippen LogP contribution < -0.4 is 4.72 Å². The lowest BCUT2D eigenvalue weighted by Gasteiger charge is -2.35. The normalized spacial score (nSPS) is 14.5. The van der Waals surface area contributed by atoms with Crippen LogP contribution in [-0.2, 0) is 10.0 Å². The Kier molecular flexibility index (Phi) is 6.54. The number of hydrogen-bond acceptors (Lipinski definition) is 4. The van der Waals surface area contributed by atoms with Gasteiger partial charge in [0.1, 0.15) is 5.82 Å². The third-order valence-electron chi connectivity index (χ3n) is 4.52. The van der Waals surface area contributed by atoms with Gasteiger partial charge in [0, 0.05) is 31.7 Å². The zero-order chi connectivity index (χ0) is 22.1. The largest absolute Gasteiger partial charge is 0.335 e. The molecule has 1 aliphatic heterocycles. The first-order valence-electron chi connectivity index (χ1n) is 8.86. The molecule has 1 N–H and O–H groups in total. The van der Waals surface area contributed by atoms with Gasteiger partial charge in [0.05, 0.1) is 27.6 Å². The number of amides is 2. The summed E-state index contributed by atoms with van der Waals surface area (Å²) in [6.07, 6.45) is 0.988. The molecule has 1 saturated heterocycles. The number of sulfonamides is 1. The van der Waals surface area contributed by atoms with Gasteiger partial charge in [-0.25, -0.2) is 12.8 Å². The second kappa shape index (κ2) is 8.79. The average molecular weight is 474 g/mol. The van der Waals surface area contributed by atoms with Gasteiger partial charge < -0.3 is 9.80 Å². The maximum Gasteiger partial charge on any atom is 0.255 e. The molecule has 2 amide bonds. The van der Waals surface area contributed by atoms with E-state index in [4.69, 9.17) is 23.2 Å². The van der Waals surface area contributed by atoms with E-state index < -0.39 is 15.8 Å². The summed E-state index contributed by atoms with van der Waals surface area (Å²) in [5.41, 5.74) is 0.587. The predicted molar refractivity (Wildman–Crippen MR) is 113 cm³/mol. The molecular formula is C19H18Cl2FN3O4S. The van der Waals surface area contributed by atoms with Crippen LogP contribution in [0.3, 0.4) is 0 Å². The molecule has 160 valence electrons. The highest BCUT2D eigenvalue weighted by Crippen LogP contribution is 2.25. The Labute approximate surface area is 183 Å². The summed E-state index contributed by atoms with van der Waals surface area (Å²) < 4.78 is 38.4. The van der Waals surface area contributed by atoms with Crippen LogP contribution in [0.15, 0.2) is 36.4 Å². The van der Waals surface area contributed by atoms with Crippen LogP contribution in [0.25, 0.3) is 0 Å². The Morgan fingerprint density at radius 2 is 1.53 bits per heavy atom. The molecule has 30 heavy (non-hydrogen) atoms. The second-order valence-corrected chi connectivity index (χ2v) is 9.34. The lowest BCUT2D eigenvalue weighted by molar-refractivity contribution is 0.0535. The van der Waals surface area contributed by atoms with E-state index in [1.165, 1.54) is 30.3 Å². The van der Waals surface area contributed by atoms with E-state index in [0.717, 1.165) is 12.3 Å². The minimum Gasteiger partial charge on any atom is -0.335 e. The number of piperazine rings is 1. The third kappa shape index (κ3) is 5.21. The van der Waals surface area contributed by atoms with Crippen molar-refractivity contribution < 1.29 is 22.4 Å². The molecule has 0 radical (unpaired) electrons. The Bertz CT molecular complexity index is 1100. The maximum atomic E-state index is 13.2. The fourth-order valence-electron chi connectivity index (χ4n) is 3.06. The fraction of sp³-hybridized carbons (Fsp3) is 0.263. The summed E-state index contributed by atoms with van der Waals surface area (Å²) >= 11 is 12.0. The third-order valence-corrected chi connectivity index (χ3v) is 5.76. The van der Waals surface area contributed by atoms with Crippen molar-refractivity contribution in [1.82, 2.24) is 9.80 Å². The minimum atomic E-state index is -3.55. The van der Waals surface area contributed by atoms with E-state index in [2.05, 4.69) is 4.72 Å². The van der Waals surface area contributed by atoms with Crippen molar-refractivity contribution in [2.45, 2.75) is 0 Å². The number of rotatable bonds is 4. The fourth-order valence-corrected chi connectivity index (χ4v) is 4.10. The van der Waals surface area contributed by atoms with Gasteiger partial charge in [0.25, 0.3) is 11.8 Å². The van der Waals surface area contributed by atoms with E-state index >= 15 is 0 Å². The van der Waals surface area contributed by atoms with Crippen LogP contribution in [-0.4, -0.2) is 62.5 Å². The van der Waals surface area contributed by atoms with Gasteiger partial charge in [0.2, 0.25) is 10.0 Å². The number of anilines is 1. The van der Waals surface area contributed by atoms with Crippen molar-refractivity contribution in [3.8, 4) is 0 Å². The number of carbonyl (C=O) groups is 2. The number of nitrogens with one attached hydrogen (secondary N) is 1. The van der Waals surface area contributed by atoms with Gasteiger partial charge in [-0.15, -0.1) is 0 Å². The Hall–Kier alpha value is -2.36. The van der Waals surface area contributed by atoms with Crippen molar-refractivity contribution in [2.24, 2.45) is 0 Å². The van der Waals surface area contributed by atoms with E-state index in [9.17, 15) is 22.4 Å². The lowest BCUT2D eigenvalue weighted by Crippen LogP contribution is -2.50. The summed E-state index contributed by atoms with van der Waals surface area (Å²) in [6.45, 7) is 1.11. The van der Waals surface area contributed by atoms with Crippen LogP contribution in [0, 0.1) is 5.82 Å². The maximum absolute atomic E-state index is 13.2. The van der Waals surface area contributed by atoms with E-state index in [1.54, 1.807) is 9.80 Å². The summed E-state index contributed by atoms with van der Waals surface area (Å²) in [5.74, 6) is -1.17. The predicted octanol–water partition coefficient (Wildman–Crippen LogP) is 3.10. The molecule has 1 fully saturated rings. The van der Waals surface area contributed by atoms with Gasteiger partial charge in [-0.2, -0.15) is 0 Å². The standard InChI is InChI=1S/C19H18Cl2FN3O4S/c1-30(28,29)23-17-10-12(2-5-15(17)20)18(26)24-6-8-25(9-7-24)19(27)14-4-3-13(22)11-16(14)21/h2-5,10-11,23H,6-9H2,1H3. The summed E-state index contributed by atoms with van der Waals surface area (Å²) in [7, 11) is -3.55. The van der Waals surface area contributed by atoms with Crippen molar-refractivity contribution in [2.75, 3.05) is 37.2 Å². The van der Waals surface area contributed by atoms with E-state index in [1.807, 2.05) is 0 Å². The highest BCUT2D eigenvalue weighted by molar-refractivity contribution is 7.92. The van der Waals surface area contributed by atoms with E-state index in [-0.39, 0.29) is 64.9 Å². The minimum absolute atomic E-state index is 0.0329. The number of hydrogen-bond donors (Lipinski definition) is 1. The number of carbonyl (C=O) groups excluding carboxylic acids is 2. The lowest BCUT2D eigenvalue weighted by atomic mass is 10.1. The Morgan fingerprint density at radius 3 is 2.10 bits per heavy atom. The molecule has 2 aromatic rings. The van der Waals surface area contributed by atoms with Crippen molar-refractivity contribution in [3.63, 3.8) is 0 Å². The first-order chi connectivity index (χ1) is 14.0. The zero-order valence-corrected chi connectivity index (χ0v) is 18.2. The van der Waals surface area contributed by atoms with Gasteiger partial charge in [-0.3, -0.25) is 14.3 Å². The molecule has 7 nitrogen and oxygen atoms in total. The van der Waals surface area contributed by atoms with Gasteiger partial charge in [-0.1, -0.05) is 23.2 Å². The molecular weight excluding hydrogens is 456 g/mol. The number of benzene rings is 2. The van der Waals surface area contributed by atoms with Gasteiger partial charge in [0.15, 0.2) is 0 Å². The topological polar surface area (TPSA) is 86.8 Å². The molecule has 1 heterocycles. The molecule has 0 aliphatic carbocycles. The van der Waals surface area contributed by atoms with Crippen LogP contribution >= 0.6 is 23.2 Å². The molecule has 11 heteroatoms. The molecule has 0 bridgehead atoms. The van der Waals surface area contributed by atoms with Gasteiger partial charge in [-0.05, 0) is 36.4 Å². The van der Waals surface area contributed by atoms with Crippen LogP contribution in [0.2, 0.25) is 10.0 Å². The average Bonchev–Trinajstić information content (AvgIpc) is 2.68. The summed E-state index contributed by atoms with van der Waals surface area (Å²) in [4.78, 5) is 28.5. The molecule has 0 saturated carbocycles. The first-order valence-corrected chi connectivity index (χ1v) is 11.5. The summed E-state index contributed by atoms with van der Waals surface area (Å²) in [6, 6.07) is 7.91. The number of halogens is 3. The first kappa shape index (κ1) is 22.3. The zero-order valence-electron chi connectivity index (χ0n) is 15.9. The SMILES string of the molecule is CS(=O)(=O)Nc1cc(C(=O)N2CCN(C(=O)c3ccc(F)cc3Cl)CC2)ccc1Cl. The van der Waals surface area contributed by atoms with Crippen LogP contribution in [0.4, 0.5) is 10.1 Å². The number of nitrogens with zero attached hydrogens (tertiary/aromatic N) is 2. The highest BCUT2D eigenvalue weighted by Gasteiger charge is 2.27. The molecule has 1 aliphatic rings. The van der Waals surface area contributed by atoms with Crippen molar-refractivity contribution >= 4 is 50.7 Å². The van der Waals surface area contributed by atoms with Crippen molar-refractivity contribution in [3.05, 3.63) is 63.4 Å². The van der Waals surface area contributed by atoms with Gasteiger partial charge >= 0.3 is 0 Å². The molecule has 2 aromatic carbocycles. The monoisotopic (exact) mass is 473 g/mol. The van der Waals surface area contributed by atoms with Crippen LogP contribution in [0.1, 0.15) is 20.7 Å². The van der Waals surface area contributed by atoms with E-state index in [0.29, 0.717) is 0 Å². The molecule has 0 atom stereocenters. The highest BCUT2D eigenvalue weighted by atomic mass is 35.5. The molecule has 0 spiro atoms. The van der Waals surface area contributed by atoms with Crippen molar-refractivity contribution in [1.29, 1.82) is 0 Å². The Morgan fingerprint density at radius 1 is 0.933 bits per heavy atom. The van der Waals surface area contributed by atoms with Crippen LogP contribution in [0.5, 0.6) is 0 Å². The second-order valence-electron chi connectivity index (χ2n) is 6.78. The summed E-state index contributed by atoms with van der Waals surface area (Å²) in [5, 5.41) is 0.203. The molecule has 3 rings (SSSR count). The Balaban J connectivity index is 1.68. The quantitative estimate of drug-likeness (QED) is 0.738. The smallest absolute Gasteiger partial charge is 0.255 e. The molecule has 0 aromatic heterocycles. The molecule has 0 unspecified atom stereocenters.